The molecule has 0 N–H and O–H groups in total. The van der Waals surface area contributed by atoms with Gasteiger partial charge in [-0.25, -0.2) is 0 Å². The Morgan fingerprint density at radius 2 is 1.85 bits per heavy atom. The van der Waals surface area contributed by atoms with Gasteiger partial charge in [-0.2, -0.15) is 0 Å². The quantitative estimate of drug-likeness (QED) is 0.408. The molecule has 1 fully saturated rings. The molecule has 3 unspecified atom stereocenters. The van der Waals surface area contributed by atoms with Crippen molar-refractivity contribution in [2.24, 2.45) is 17.3 Å². The van der Waals surface area contributed by atoms with Crippen LogP contribution in [0.5, 0.6) is 0 Å². The Hall–Kier alpha value is 0.0300. The highest BCUT2D eigenvalue weighted by Gasteiger charge is 2.49. The lowest BCUT2D eigenvalue weighted by Crippen LogP contribution is -2.36. The molecule has 0 radical (unpaired) electrons. The van der Waals surface area contributed by atoms with Gasteiger partial charge >= 0.3 is 0 Å². The van der Waals surface area contributed by atoms with Crippen molar-refractivity contribution in [3.8, 4) is 0 Å². The third kappa shape index (κ3) is 1.18. The molecule has 0 aromatic rings. The average Bonchev–Trinajstić information content (AvgIpc) is 2.16. The number of hydrogen-bond donors (Lipinski definition) is 0. The maximum atomic E-state index is 6.51. The Balaban J connectivity index is 2.42. The monoisotopic (exact) mass is 198 g/mol. The van der Waals surface area contributed by atoms with Gasteiger partial charge in [0, 0.05) is 11.3 Å². The van der Waals surface area contributed by atoms with E-state index in [4.69, 9.17) is 11.6 Å². The second kappa shape index (κ2) is 2.76. The first-order valence-corrected chi connectivity index (χ1v) is 5.70. The van der Waals surface area contributed by atoms with Gasteiger partial charge in [0.1, 0.15) is 0 Å². The number of allylic oxidation sites excluding steroid dienone is 2. The summed E-state index contributed by atoms with van der Waals surface area (Å²) in [5.74, 6) is 1.31. The maximum Gasteiger partial charge on any atom is 0.0471 e. The fraction of sp³-hybridized carbons (Fsp3) is 0.833. The highest BCUT2D eigenvalue weighted by atomic mass is 35.5. The highest BCUT2D eigenvalue weighted by molar-refractivity contribution is 6.21. The molecule has 2 aliphatic rings. The van der Waals surface area contributed by atoms with Crippen LogP contribution in [0.2, 0.25) is 0 Å². The molecule has 0 spiro atoms. The predicted molar refractivity (Wildman–Crippen MR) is 58.0 cm³/mol. The molecule has 0 aromatic carbocycles. The molecule has 2 bridgehead atoms. The van der Waals surface area contributed by atoms with Crippen molar-refractivity contribution < 1.29 is 0 Å². The Labute approximate surface area is 86.4 Å². The van der Waals surface area contributed by atoms with Crippen LogP contribution in [0.15, 0.2) is 11.1 Å². The number of halogens is 1. The molecule has 13 heavy (non-hydrogen) atoms. The molecule has 1 heteroatoms. The molecule has 0 aromatic heterocycles. The van der Waals surface area contributed by atoms with E-state index in [1.165, 1.54) is 12.8 Å². The molecule has 2 aliphatic carbocycles. The van der Waals surface area contributed by atoms with Crippen LogP contribution in [0.3, 0.4) is 0 Å². The van der Waals surface area contributed by atoms with Crippen molar-refractivity contribution in [1.82, 2.24) is 0 Å². The molecular weight excluding hydrogens is 180 g/mol. The summed E-state index contributed by atoms with van der Waals surface area (Å²) in [5, 5.41) is 0.378. The first-order chi connectivity index (χ1) is 5.95. The van der Waals surface area contributed by atoms with Crippen LogP contribution in [0.1, 0.15) is 40.5 Å². The average molecular weight is 199 g/mol. The Morgan fingerprint density at radius 3 is 2.38 bits per heavy atom. The van der Waals surface area contributed by atoms with Gasteiger partial charge in [-0.1, -0.05) is 25.0 Å². The number of hydrogen-bond acceptors (Lipinski definition) is 0. The zero-order valence-corrected chi connectivity index (χ0v) is 9.78. The SMILES string of the molecule is CC1=C(C)C2C(Cl)C1CCC2(C)C. The lowest BCUT2D eigenvalue weighted by molar-refractivity contribution is 0.164. The van der Waals surface area contributed by atoms with Crippen molar-refractivity contribution in [3.05, 3.63) is 11.1 Å². The highest BCUT2D eigenvalue weighted by Crippen LogP contribution is 2.56. The van der Waals surface area contributed by atoms with Crippen LogP contribution in [0.4, 0.5) is 0 Å². The van der Waals surface area contributed by atoms with E-state index >= 15 is 0 Å². The standard InChI is InChI=1S/C12H19Cl/c1-7-8(2)10-11(13)9(7)5-6-12(10,3)4/h9-11H,5-6H2,1-4H3. The van der Waals surface area contributed by atoms with E-state index < -0.39 is 0 Å². The van der Waals surface area contributed by atoms with Crippen LogP contribution in [-0.2, 0) is 0 Å². The summed E-state index contributed by atoms with van der Waals surface area (Å²) in [6.45, 7) is 9.29. The van der Waals surface area contributed by atoms with Crippen LogP contribution < -0.4 is 0 Å². The topological polar surface area (TPSA) is 0 Å². The van der Waals surface area contributed by atoms with E-state index in [0.717, 1.165) is 0 Å². The number of alkyl halides is 1. The summed E-state index contributed by atoms with van der Waals surface area (Å²) in [4.78, 5) is 0. The minimum Gasteiger partial charge on any atom is -0.122 e. The molecule has 0 aliphatic heterocycles. The molecule has 0 heterocycles. The summed E-state index contributed by atoms with van der Waals surface area (Å²) < 4.78 is 0. The summed E-state index contributed by atoms with van der Waals surface area (Å²) in [6, 6.07) is 0. The summed E-state index contributed by atoms with van der Waals surface area (Å²) in [7, 11) is 0. The van der Waals surface area contributed by atoms with Crippen molar-refractivity contribution in [1.29, 1.82) is 0 Å². The van der Waals surface area contributed by atoms with Gasteiger partial charge in [0.05, 0.1) is 0 Å². The first kappa shape index (κ1) is 9.58. The zero-order valence-electron chi connectivity index (χ0n) is 9.02. The predicted octanol–water partition coefficient (Wildman–Crippen LogP) is 4.00. The van der Waals surface area contributed by atoms with Crippen LogP contribution in [0.25, 0.3) is 0 Å². The smallest absolute Gasteiger partial charge is 0.0471 e. The molecule has 1 saturated carbocycles. The maximum absolute atomic E-state index is 6.51. The molecular formula is C12H19Cl. The van der Waals surface area contributed by atoms with Gasteiger partial charge in [0.15, 0.2) is 0 Å². The lowest BCUT2D eigenvalue weighted by atomic mass is 9.67. The van der Waals surface area contributed by atoms with Crippen LogP contribution in [-0.4, -0.2) is 5.38 Å². The molecule has 0 amide bonds. The van der Waals surface area contributed by atoms with Gasteiger partial charge in [0.2, 0.25) is 0 Å². The Morgan fingerprint density at radius 1 is 1.23 bits per heavy atom. The van der Waals surface area contributed by atoms with Crippen molar-refractivity contribution in [2.75, 3.05) is 0 Å². The number of fused-ring (bicyclic) bond motifs is 2. The van der Waals surface area contributed by atoms with Crippen LogP contribution in [0, 0.1) is 17.3 Å². The van der Waals surface area contributed by atoms with E-state index in [1.807, 2.05) is 0 Å². The van der Waals surface area contributed by atoms with Gasteiger partial charge < -0.3 is 0 Å². The third-order valence-electron chi connectivity index (χ3n) is 4.29. The zero-order chi connectivity index (χ0) is 9.80. The van der Waals surface area contributed by atoms with Gasteiger partial charge in [-0.05, 0) is 38.0 Å². The largest absolute Gasteiger partial charge is 0.122 e. The minimum absolute atomic E-state index is 0.378. The first-order valence-electron chi connectivity index (χ1n) is 5.26. The Bertz CT molecular complexity index is 262. The second-order valence-electron chi connectivity index (χ2n) is 5.42. The second-order valence-corrected chi connectivity index (χ2v) is 5.93. The van der Waals surface area contributed by atoms with Crippen molar-refractivity contribution in [3.63, 3.8) is 0 Å². The fourth-order valence-electron chi connectivity index (χ4n) is 3.32. The molecule has 3 atom stereocenters. The van der Waals surface area contributed by atoms with Gasteiger partial charge in [0.25, 0.3) is 0 Å². The van der Waals surface area contributed by atoms with E-state index in [0.29, 0.717) is 22.6 Å². The van der Waals surface area contributed by atoms with Gasteiger partial charge in [-0.15, -0.1) is 11.6 Å². The number of rotatable bonds is 0. The van der Waals surface area contributed by atoms with Crippen molar-refractivity contribution in [2.45, 2.75) is 45.9 Å². The summed E-state index contributed by atoms with van der Waals surface area (Å²) >= 11 is 6.51. The van der Waals surface area contributed by atoms with E-state index in [9.17, 15) is 0 Å². The Kier molecular flexibility index (Phi) is 2.03. The molecule has 0 saturated heterocycles. The molecule has 0 nitrogen and oxygen atoms in total. The summed E-state index contributed by atoms with van der Waals surface area (Å²) in [6.07, 6.45) is 2.63. The van der Waals surface area contributed by atoms with Gasteiger partial charge in [-0.3, -0.25) is 0 Å². The van der Waals surface area contributed by atoms with E-state index in [2.05, 4.69) is 27.7 Å². The van der Waals surface area contributed by atoms with Crippen molar-refractivity contribution >= 4 is 11.6 Å². The third-order valence-corrected chi connectivity index (χ3v) is 4.85. The minimum atomic E-state index is 0.378. The van der Waals surface area contributed by atoms with Crippen LogP contribution >= 0.6 is 11.6 Å². The summed E-state index contributed by atoms with van der Waals surface area (Å²) in [5.41, 5.74) is 3.58. The fourth-order valence-corrected chi connectivity index (χ4v) is 4.17. The molecule has 2 rings (SSSR count). The molecule has 74 valence electrons. The van der Waals surface area contributed by atoms with E-state index in [-0.39, 0.29) is 0 Å². The van der Waals surface area contributed by atoms with E-state index in [1.54, 1.807) is 11.1 Å². The lowest BCUT2D eigenvalue weighted by Gasteiger charge is -2.41. The normalized spacial score (nSPS) is 42.7.